The molecule has 0 aliphatic carbocycles. The molecule has 3 N–H and O–H groups in total. The summed E-state index contributed by atoms with van der Waals surface area (Å²) >= 11 is 0. The monoisotopic (exact) mass is 415 g/mol. The number of anilines is 1. The second-order valence-electron chi connectivity index (χ2n) is 5.85. The van der Waals surface area contributed by atoms with E-state index in [0.717, 1.165) is 11.0 Å². The summed E-state index contributed by atoms with van der Waals surface area (Å²) in [6.45, 7) is 0. The number of nitrogens with one attached hydrogen (secondary N) is 1. The number of benzene rings is 1. The van der Waals surface area contributed by atoms with Gasteiger partial charge in [0.1, 0.15) is 6.29 Å². The van der Waals surface area contributed by atoms with Crippen LogP contribution in [0.4, 0.5) is 18.9 Å². The number of fused-ring (bicyclic) bond motifs is 1. The number of aromatic nitrogens is 2. The van der Waals surface area contributed by atoms with E-state index in [-0.39, 0.29) is 16.7 Å². The third kappa shape index (κ3) is 4.01. The van der Waals surface area contributed by atoms with Gasteiger partial charge in [0.2, 0.25) is 0 Å². The highest BCUT2D eigenvalue weighted by Crippen LogP contribution is 2.41. The highest BCUT2D eigenvalue weighted by atomic mass is 31.2. The lowest BCUT2D eigenvalue weighted by atomic mass is 10.1. The van der Waals surface area contributed by atoms with Gasteiger partial charge in [-0.15, -0.1) is 0 Å². The Kier molecular flexibility index (Phi) is 4.92. The van der Waals surface area contributed by atoms with Gasteiger partial charge in [0.15, 0.2) is 0 Å². The van der Waals surface area contributed by atoms with Crippen LogP contribution in [0.2, 0.25) is 0 Å². The first kappa shape index (κ1) is 19.9. The van der Waals surface area contributed by atoms with Crippen molar-refractivity contribution in [2.24, 2.45) is 0 Å². The van der Waals surface area contributed by atoms with E-state index < -0.39 is 36.7 Å². The second-order valence-corrected chi connectivity index (χ2v) is 7.47. The average Bonchev–Trinajstić information content (AvgIpc) is 2.85. The van der Waals surface area contributed by atoms with Crippen LogP contribution in [0.3, 0.4) is 0 Å². The van der Waals surface area contributed by atoms with Crippen LogP contribution in [0.1, 0.15) is 5.56 Å². The number of H-pyrrole nitrogens is 1. The molecule has 0 atom stereocenters. The Morgan fingerprint density at radius 2 is 1.64 bits per heavy atom. The molecular weight excluding hydrogens is 402 g/mol. The standard InChI is InChI=1S/C16H13F3N3O5P/c17-16(18,19)10-7-11-13(8-12(10)21-5-3-1-2-4-6-21)22(9-28(25,26)27)15(24)14(23)20-11/h1-8H,9H2,(H,20,23)(H2,25,26,27). The Hall–Kier alpha value is -2.88. The molecule has 1 aliphatic heterocycles. The van der Waals surface area contributed by atoms with Crippen molar-refractivity contribution < 1.29 is 27.5 Å². The molecule has 0 amide bonds. The van der Waals surface area contributed by atoms with Gasteiger partial charge in [-0.1, -0.05) is 12.2 Å². The van der Waals surface area contributed by atoms with Gasteiger partial charge in [-0.05, 0) is 24.3 Å². The third-order valence-electron chi connectivity index (χ3n) is 3.83. The molecular formula is C16H13F3N3O5P. The molecule has 0 spiro atoms. The summed E-state index contributed by atoms with van der Waals surface area (Å²) in [5, 5.41) is 0. The van der Waals surface area contributed by atoms with Crippen LogP contribution in [0.25, 0.3) is 11.0 Å². The van der Waals surface area contributed by atoms with Crippen molar-refractivity contribution in [3.05, 3.63) is 75.1 Å². The van der Waals surface area contributed by atoms with Crippen molar-refractivity contribution in [3.8, 4) is 0 Å². The highest BCUT2D eigenvalue weighted by molar-refractivity contribution is 7.50. The molecule has 8 nitrogen and oxygen atoms in total. The van der Waals surface area contributed by atoms with Crippen LogP contribution in [0.15, 0.2) is 58.4 Å². The number of aromatic amines is 1. The second kappa shape index (κ2) is 6.93. The van der Waals surface area contributed by atoms with Crippen molar-refractivity contribution in [3.63, 3.8) is 0 Å². The van der Waals surface area contributed by atoms with Crippen LogP contribution in [-0.2, 0) is 17.0 Å². The summed E-state index contributed by atoms with van der Waals surface area (Å²) in [4.78, 5) is 45.4. The molecule has 0 saturated heterocycles. The van der Waals surface area contributed by atoms with Gasteiger partial charge >= 0.3 is 24.9 Å². The van der Waals surface area contributed by atoms with Crippen molar-refractivity contribution >= 4 is 24.3 Å². The molecule has 148 valence electrons. The fourth-order valence-corrected chi connectivity index (χ4v) is 3.35. The zero-order chi connectivity index (χ0) is 20.7. The summed E-state index contributed by atoms with van der Waals surface area (Å²) in [6, 6.07) is 1.58. The summed E-state index contributed by atoms with van der Waals surface area (Å²) in [5.74, 6) is 0. The van der Waals surface area contributed by atoms with E-state index in [1.54, 1.807) is 12.2 Å². The molecule has 1 aromatic carbocycles. The predicted octanol–water partition coefficient (Wildman–Crippen LogP) is 2.25. The Labute approximate surface area is 154 Å². The maximum atomic E-state index is 13.6. The van der Waals surface area contributed by atoms with Crippen molar-refractivity contribution in [1.82, 2.24) is 9.55 Å². The van der Waals surface area contributed by atoms with E-state index in [0.29, 0.717) is 10.6 Å². The smallest absolute Gasteiger partial charge is 0.323 e. The van der Waals surface area contributed by atoms with Gasteiger partial charge in [-0.25, -0.2) is 0 Å². The normalized spacial score (nSPS) is 14.7. The van der Waals surface area contributed by atoms with Crippen LogP contribution in [0.5, 0.6) is 0 Å². The predicted molar refractivity (Wildman–Crippen MR) is 95.8 cm³/mol. The van der Waals surface area contributed by atoms with E-state index in [1.165, 1.54) is 24.6 Å². The van der Waals surface area contributed by atoms with Crippen LogP contribution < -0.4 is 16.0 Å². The first-order chi connectivity index (χ1) is 13.0. The van der Waals surface area contributed by atoms with Gasteiger partial charge in [0.05, 0.1) is 22.3 Å². The number of halogens is 3. The number of alkyl halides is 3. The fraction of sp³-hybridized carbons (Fsp3) is 0.125. The first-order valence-electron chi connectivity index (χ1n) is 7.70. The molecule has 0 fully saturated rings. The van der Waals surface area contributed by atoms with E-state index in [2.05, 4.69) is 0 Å². The van der Waals surface area contributed by atoms with Gasteiger partial charge in [-0.3, -0.25) is 18.7 Å². The highest BCUT2D eigenvalue weighted by Gasteiger charge is 2.35. The lowest BCUT2D eigenvalue weighted by Gasteiger charge is -2.22. The summed E-state index contributed by atoms with van der Waals surface area (Å²) in [7, 11) is -4.80. The molecule has 1 aromatic heterocycles. The Bertz CT molecular complexity index is 1170. The number of allylic oxidation sites excluding steroid dienone is 4. The van der Waals surface area contributed by atoms with Gasteiger partial charge in [-0.2, -0.15) is 13.2 Å². The molecule has 0 radical (unpaired) electrons. The van der Waals surface area contributed by atoms with Crippen molar-refractivity contribution in [2.75, 3.05) is 4.90 Å². The zero-order valence-corrected chi connectivity index (χ0v) is 14.8. The van der Waals surface area contributed by atoms with E-state index in [1.807, 2.05) is 4.98 Å². The number of rotatable bonds is 3. The topological polar surface area (TPSA) is 116 Å². The van der Waals surface area contributed by atoms with Gasteiger partial charge < -0.3 is 19.7 Å². The van der Waals surface area contributed by atoms with Crippen LogP contribution in [0, 0.1) is 0 Å². The van der Waals surface area contributed by atoms with E-state index in [4.69, 9.17) is 0 Å². The lowest BCUT2D eigenvalue weighted by Crippen LogP contribution is -2.36. The summed E-state index contributed by atoms with van der Waals surface area (Å²) in [5.41, 5.74) is -4.70. The minimum Gasteiger partial charge on any atom is -0.323 e. The molecule has 1 aliphatic rings. The molecule has 12 heteroatoms. The average molecular weight is 415 g/mol. The fourth-order valence-electron chi connectivity index (χ4n) is 2.70. The van der Waals surface area contributed by atoms with Gasteiger partial charge in [0, 0.05) is 12.4 Å². The number of nitrogens with zero attached hydrogens (tertiary/aromatic N) is 2. The van der Waals surface area contributed by atoms with Gasteiger partial charge in [0.25, 0.3) is 0 Å². The van der Waals surface area contributed by atoms with Crippen molar-refractivity contribution in [2.45, 2.75) is 12.5 Å². The van der Waals surface area contributed by atoms with E-state index in [9.17, 15) is 37.1 Å². The van der Waals surface area contributed by atoms with E-state index >= 15 is 0 Å². The Balaban J connectivity index is 2.39. The maximum Gasteiger partial charge on any atom is 0.418 e. The van der Waals surface area contributed by atoms with Crippen LogP contribution >= 0.6 is 7.60 Å². The zero-order valence-electron chi connectivity index (χ0n) is 13.9. The molecule has 0 saturated carbocycles. The van der Waals surface area contributed by atoms with Crippen molar-refractivity contribution in [1.29, 1.82) is 0 Å². The van der Waals surface area contributed by atoms with Crippen LogP contribution in [-0.4, -0.2) is 19.3 Å². The molecule has 3 rings (SSSR count). The Morgan fingerprint density at radius 3 is 2.18 bits per heavy atom. The quantitative estimate of drug-likeness (QED) is 0.523. The first-order valence-corrected chi connectivity index (χ1v) is 9.50. The minimum atomic E-state index is -4.80. The summed E-state index contributed by atoms with van der Waals surface area (Å²) in [6.07, 6.45) is 2.88. The molecule has 0 bridgehead atoms. The summed E-state index contributed by atoms with van der Waals surface area (Å²) < 4.78 is 52.7. The number of hydrogen-bond donors (Lipinski definition) is 3. The molecule has 2 heterocycles. The third-order valence-corrected chi connectivity index (χ3v) is 4.48. The number of hydrogen-bond acceptors (Lipinski definition) is 4. The minimum absolute atomic E-state index is 0.255. The Morgan fingerprint density at radius 1 is 1.04 bits per heavy atom. The largest absolute Gasteiger partial charge is 0.418 e. The molecule has 0 unspecified atom stereocenters. The SMILES string of the molecule is O=c1[nH]c2cc(C(F)(F)F)c(N3C=CC=CC=C3)cc2n(CP(=O)(O)O)c1=O. The molecule has 28 heavy (non-hydrogen) atoms. The lowest BCUT2D eigenvalue weighted by molar-refractivity contribution is -0.137. The molecule has 2 aromatic rings. The maximum absolute atomic E-state index is 13.6.